The third-order valence-corrected chi connectivity index (χ3v) is 8.73. The minimum absolute atomic E-state index is 0.104. The molecule has 1 aliphatic carbocycles. The van der Waals surface area contributed by atoms with Gasteiger partial charge in [0.15, 0.2) is 6.10 Å². The second kappa shape index (κ2) is 12.0. The molecule has 2 atom stereocenters. The number of amides is 2. The molecular weight excluding hydrogens is 534 g/mol. The summed E-state index contributed by atoms with van der Waals surface area (Å²) in [6.45, 7) is 2.28. The van der Waals surface area contributed by atoms with Crippen molar-refractivity contribution < 1.29 is 29.0 Å². The van der Waals surface area contributed by atoms with Crippen LogP contribution in [0.2, 0.25) is 0 Å². The Morgan fingerprint density at radius 2 is 1.52 bits per heavy atom. The highest BCUT2D eigenvalue weighted by Crippen LogP contribution is 2.44. The molecule has 3 aliphatic rings. The molecule has 0 radical (unpaired) electrons. The SMILES string of the molecule is O=C(NC1(C(=O)N[C@@H]2CCO[C@@H]2C(=O)O)CCN(Cc2ccccc2)CC1)OCC1c2ccccc2-c2ccccc21. The second-order valence-electron chi connectivity index (χ2n) is 11.3. The number of hydrogen-bond donors (Lipinski definition) is 3. The van der Waals surface area contributed by atoms with Crippen LogP contribution >= 0.6 is 0 Å². The summed E-state index contributed by atoms with van der Waals surface area (Å²) in [6.07, 6.45) is -0.661. The summed E-state index contributed by atoms with van der Waals surface area (Å²) in [5.41, 5.74) is 4.42. The molecular formula is C33H35N3O6. The Morgan fingerprint density at radius 1 is 0.905 bits per heavy atom. The smallest absolute Gasteiger partial charge is 0.408 e. The lowest BCUT2D eigenvalue weighted by molar-refractivity contribution is -0.148. The number of hydrogen-bond acceptors (Lipinski definition) is 6. The van der Waals surface area contributed by atoms with E-state index in [0.717, 1.165) is 28.8 Å². The number of rotatable bonds is 8. The van der Waals surface area contributed by atoms with E-state index in [0.29, 0.717) is 32.4 Å². The Labute approximate surface area is 244 Å². The van der Waals surface area contributed by atoms with Gasteiger partial charge in [-0.1, -0.05) is 78.9 Å². The van der Waals surface area contributed by atoms with Gasteiger partial charge in [-0.3, -0.25) is 9.69 Å². The Balaban J connectivity index is 1.16. The lowest BCUT2D eigenvalue weighted by Gasteiger charge is -2.41. The van der Waals surface area contributed by atoms with E-state index in [2.05, 4.69) is 51.9 Å². The average Bonchev–Trinajstić information content (AvgIpc) is 3.60. The highest BCUT2D eigenvalue weighted by molar-refractivity contribution is 5.91. The Hall–Kier alpha value is -4.21. The fourth-order valence-electron chi connectivity index (χ4n) is 6.46. The lowest BCUT2D eigenvalue weighted by atomic mass is 9.85. The van der Waals surface area contributed by atoms with E-state index in [9.17, 15) is 19.5 Å². The van der Waals surface area contributed by atoms with E-state index < -0.39 is 35.7 Å². The van der Waals surface area contributed by atoms with Crippen LogP contribution in [0.4, 0.5) is 4.79 Å². The first-order valence-electron chi connectivity index (χ1n) is 14.5. The summed E-state index contributed by atoms with van der Waals surface area (Å²) in [6, 6.07) is 25.7. The fraction of sp³-hybridized carbons (Fsp3) is 0.364. The molecule has 0 saturated carbocycles. The van der Waals surface area contributed by atoms with Crippen molar-refractivity contribution in [1.82, 2.24) is 15.5 Å². The number of alkyl carbamates (subject to hydrolysis) is 1. The van der Waals surface area contributed by atoms with Crippen LogP contribution in [-0.4, -0.2) is 72.0 Å². The van der Waals surface area contributed by atoms with E-state index >= 15 is 0 Å². The number of carbonyl (C=O) groups is 3. The van der Waals surface area contributed by atoms with Crippen LogP contribution in [0.3, 0.4) is 0 Å². The Bertz CT molecular complexity index is 1410. The van der Waals surface area contributed by atoms with Gasteiger partial charge in [-0.2, -0.15) is 0 Å². The van der Waals surface area contributed by atoms with Crippen molar-refractivity contribution in [2.75, 3.05) is 26.3 Å². The largest absolute Gasteiger partial charge is 0.479 e. The highest BCUT2D eigenvalue weighted by Gasteiger charge is 2.46. The van der Waals surface area contributed by atoms with Crippen molar-refractivity contribution in [2.45, 2.75) is 49.4 Å². The number of fused-ring (bicyclic) bond motifs is 3. The molecule has 6 rings (SSSR count). The van der Waals surface area contributed by atoms with Gasteiger partial charge in [0.25, 0.3) is 0 Å². The molecule has 2 heterocycles. The van der Waals surface area contributed by atoms with Crippen LogP contribution in [0.15, 0.2) is 78.9 Å². The van der Waals surface area contributed by atoms with Gasteiger partial charge in [0.2, 0.25) is 5.91 Å². The van der Waals surface area contributed by atoms with Gasteiger partial charge in [-0.25, -0.2) is 9.59 Å². The standard InChI is InChI=1S/C33H35N3O6/c37-30(38)29-28(14-19-41-29)34-31(39)33(15-17-36(18-16-33)20-22-8-2-1-3-9-22)35-32(40)42-21-27-25-12-6-4-10-23(25)24-11-5-7-13-26(24)27/h1-13,27-29H,14-21H2,(H,34,39)(H,35,40)(H,37,38)/t28-,29+/m1/s1. The van der Waals surface area contributed by atoms with Gasteiger partial charge in [0.1, 0.15) is 12.1 Å². The normalized spacial score (nSPS) is 21.2. The quantitative estimate of drug-likeness (QED) is 0.377. The molecule has 2 saturated heterocycles. The maximum atomic E-state index is 13.8. The summed E-state index contributed by atoms with van der Waals surface area (Å²) >= 11 is 0. The molecule has 218 valence electrons. The number of piperidine rings is 1. The Morgan fingerprint density at radius 3 is 2.17 bits per heavy atom. The van der Waals surface area contributed by atoms with Crippen LogP contribution in [0, 0.1) is 0 Å². The molecule has 42 heavy (non-hydrogen) atoms. The van der Waals surface area contributed by atoms with Crippen molar-refractivity contribution >= 4 is 18.0 Å². The minimum Gasteiger partial charge on any atom is -0.479 e. The van der Waals surface area contributed by atoms with E-state index in [1.165, 1.54) is 5.56 Å². The van der Waals surface area contributed by atoms with Crippen LogP contribution in [-0.2, 0) is 25.6 Å². The first-order chi connectivity index (χ1) is 20.4. The lowest BCUT2D eigenvalue weighted by Crippen LogP contribution is -2.65. The van der Waals surface area contributed by atoms with Crippen molar-refractivity contribution in [3.63, 3.8) is 0 Å². The third-order valence-electron chi connectivity index (χ3n) is 8.73. The Kier molecular flexibility index (Phi) is 7.95. The molecule has 2 amide bonds. The maximum absolute atomic E-state index is 13.8. The summed E-state index contributed by atoms with van der Waals surface area (Å²) in [4.78, 5) is 41.0. The molecule has 3 aromatic carbocycles. The third kappa shape index (κ3) is 5.62. The summed E-state index contributed by atoms with van der Waals surface area (Å²) in [7, 11) is 0. The van der Waals surface area contributed by atoms with E-state index in [1.807, 2.05) is 42.5 Å². The summed E-state index contributed by atoms with van der Waals surface area (Å²) < 4.78 is 11.1. The van der Waals surface area contributed by atoms with Gasteiger partial charge >= 0.3 is 12.1 Å². The van der Waals surface area contributed by atoms with Crippen molar-refractivity contribution in [1.29, 1.82) is 0 Å². The predicted octanol–water partition coefficient (Wildman–Crippen LogP) is 3.92. The summed E-state index contributed by atoms with van der Waals surface area (Å²) in [5.74, 6) is -1.63. The first-order valence-corrected chi connectivity index (χ1v) is 14.5. The zero-order chi connectivity index (χ0) is 29.1. The topological polar surface area (TPSA) is 117 Å². The first kappa shape index (κ1) is 27.9. The molecule has 0 aromatic heterocycles. The summed E-state index contributed by atoms with van der Waals surface area (Å²) in [5, 5.41) is 15.3. The predicted molar refractivity (Wildman–Crippen MR) is 156 cm³/mol. The monoisotopic (exact) mass is 569 g/mol. The van der Waals surface area contributed by atoms with Crippen molar-refractivity contribution in [2.24, 2.45) is 0 Å². The molecule has 9 heteroatoms. The molecule has 3 N–H and O–H groups in total. The van der Waals surface area contributed by atoms with Crippen LogP contribution < -0.4 is 10.6 Å². The molecule has 9 nitrogen and oxygen atoms in total. The highest BCUT2D eigenvalue weighted by atomic mass is 16.5. The maximum Gasteiger partial charge on any atom is 0.408 e. The van der Waals surface area contributed by atoms with E-state index in [4.69, 9.17) is 9.47 Å². The number of nitrogens with zero attached hydrogens (tertiary/aromatic N) is 1. The number of carboxylic acids is 1. The number of nitrogens with one attached hydrogen (secondary N) is 2. The van der Waals surface area contributed by atoms with E-state index in [1.54, 1.807) is 0 Å². The number of benzene rings is 3. The van der Waals surface area contributed by atoms with Gasteiger partial charge in [-0.05, 0) is 47.1 Å². The molecule has 0 unspecified atom stereocenters. The van der Waals surface area contributed by atoms with E-state index in [-0.39, 0.29) is 19.1 Å². The molecule has 3 aromatic rings. The number of ether oxygens (including phenoxy) is 2. The van der Waals surface area contributed by atoms with Gasteiger partial charge < -0.3 is 25.2 Å². The fourth-order valence-corrected chi connectivity index (χ4v) is 6.46. The molecule has 0 bridgehead atoms. The second-order valence-corrected chi connectivity index (χ2v) is 11.3. The van der Waals surface area contributed by atoms with Crippen LogP contribution in [0.25, 0.3) is 11.1 Å². The number of carbonyl (C=O) groups excluding carboxylic acids is 2. The van der Waals surface area contributed by atoms with Crippen LogP contribution in [0.5, 0.6) is 0 Å². The number of aliphatic carboxylic acids is 1. The van der Waals surface area contributed by atoms with Crippen molar-refractivity contribution in [3.8, 4) is 11.1 Å². The van der Waals surface area contributed by atoms with Gasteiger partial charge in [0, 0.05) is 32.2 Å². The van der Waals surface area contributed by atoms with Gasteiger partial charge in [0.05, 0.1) is 6.04 Å². The zero-order valence-corrected chi connectivity index (χ0v) is 23.3. The van der Waals surface area contributed by atoms with Gasteiger partial charge in [-0.15, -0.1) is 0 Å². The van der Waals surface area contributed by atoms with Crippen LogP contribution in [0.1, 0.15) is 41.9 Å². The molecule has 2 aliphatic heterocycles. The minimum atomic E-state index is -1.23. The van der Waals surface area contributed by atoms with Crippen molar-refractivity contribution in [3.05, 3.63) is 95.6 Å². The average molecular weight is 570 g/mol. The molecule has 0 spiro atoms. The number of carboxylic acid groups (broad SMARTS) is 1. The molecule has 2 fully saturated rings. The zero-order valence-electron chi connectivity index (χ0n) is 23.3. The number of likely N-dealkylation sites (tertiary alicyclic amines) is 1.